The van der Waals surface area contributed by atoms with E-state index in [9.17, 15) is 14.4 Å². The summed E-state index contributed by atoms with van der Waals surface area (Å²) in [5, 5.41) is 2.39. The number of aromatic nitrogens is 2. The van der Waals surface area contributed by atoms with E-state index >= 15 is 0 Å². The Morgan fingerprint density at radius 3 is 2.58 bits per heavy atom. The molecule has 1 aliphatic heterocycles. The normalized spacial score (nSPS) is 14.6. The van der Waals surface area contributed by atoms with Crippen LogP contribution in [0.15, 0.2) is 58.7 Å². The molecule has 208 valence electrons. The van der Waals surface area contributed by atoms with E-state index in [1.54, 1.807) is 43.2 Å². The van der Waals surface area contributed by atoms with Gasteiger partial charge in [-0.1, -0.05) is 12.1 Å². The Hall–Kier alpha value is -4.22. The monoisotopic (exact) mass is 562 g/mol. The molecule has 1 amide bonds. The number of fused-ring (bicyclic) bond motifs is 2. The van der Waals surface area contributed by atoms with E-state index in [1.165, 1.54) is 15.9 Å². The molecule has 0 radical (unpaired) electrons. The molecule has 1 atom stereocenters. The zero-order valence-corrected chi connectivity index (χ0v) is 23.6. The maximum atomic E-state index is 13.9. The maximum Gasteiger partial charge on any atom is 0.338 e. The fourth-order valence-corrected chi connectivity index (χ4v) is 5.76. The molecule has 0 aliphatic carbocycles. The number of methoxy groups -OCH3 is 1. The van der Waals surface area contributed by atoms with E-state index < -0.39 is 6.29 Å². The van der Waals surface area contributed by atoms with Crippen molar-refractivity contribution < 1.29 is 23.8 Å². The summed E-state index contributed by atoms with van der Waals surface area (Å²) in [6, 6.07) is 14.2. The number of rotatable bonds is 10. The first kappa shape index (κ1) is 27.4. The summed E-state index contributed by atoms with van der Waals surface area (Å²) < 4.78 is 17.7. The highest BCUT2D eigenvalue weighted by Gasteiger charge is 2.41. The average Bonchev–Trinajstić information content (AvgIpc) is 3.48. The van der Waals surface area contributed by atoms with Gasteiger partial charge in [0.15, 0.2) is 6.29 Å². The quantitative estimate of drug-likeness (QED) is 0.268. The number of hydrogen-bond acceptors (Lipinski definition) is 9. The van der Waals surface area contributed by atoms with Crippen LogP contribution in [0.3, 0.4) is 0 Å². The molecule has 10 nitrogen and oxygen atoms in total. The van der Waals surface area contributed by atoms with Crippen molar-refractivity contribution in [2.24, 2.45) is 0 Å². The molecule has 2 aromatic heterocycles. The second-order valence-electron chi connectivity index (χ2n) is 9.49. The van der Waals surface area contributed by atoms with Gasteiger partial charge in [0.25, 0.3) is 11.5 Å². The van der Waals surface area contributed by atoms with E-state index in [4.69, 9.17) is 14.2 Å². The van der Waals surface area contributed by atoms with E-state index in [2.05, 4.69) is 4.98 Å². The molecular formula is C29H30N4O6S. The molecule has 0 spiro atoms. The lowest BCUT2D eigenvalue weighted by atomic mass is 10.2. The minimum absolute atomic E-state index is 0.130. The molecule has 1 aliphatic rings. The summed E-state index contributed by atoms with van der Waals surface area (Å²) in [7, 11) is 5.26. The Balaban J connectivity index is 1.38. The second-order valence-corrected chi connectivity index (χ2v) is 10.3. The Labute approximate surface area is 235 Å². The maximum absolute atomic E-state index is 13.9. The number of amides is 1. The minimum atomic E-state index is -0.625. The summed E-state index contributed by atoms with van der Waals surface area (Å²) in [6.45, 7) is 2.69. The molecule has 3 heterocycles. The van der Waals surface area contributed by atoms with Gasteiger partial charge >= 0.3 is 5.97 Å². The van der Waals surface area contributed by atoms with Crippen LogP contribution in [0.25, 0.3) is 10.2 Å². The van der Waals surface area contributed by atoms with Gasteiger partial charge in [-0.15, -0.1) is 11.3 Å². The van der Waals surface area contributed by atoms with E-state index in [-0.39, 0.29) is 23.3 Å². The molecular weight excluding hydrogens is 532 g/mol. The van der Waals surface area contributed by atoms with Crippen LogP contribution >= 0.6 is 11.3 Å². The summed E-state index contributed by atoms with van der Waals surface area (Å²) in [6.07, 6.45) is -0.149. The van der Waals surface area contributed by atoms with Crippen molar-refractivity contribution in [2.75, 3.05) is 34.4 Å². The van der Waals surface area contributed by atoms with Crippen LogP contribution < -0.4 is 15.0 Å². The molecule has 4 aromatic rings. The van der Waals surface area contributed by atoms with Crippen LogP contribution in [0.1, 0.15) is 45.3 Å². The summed E-state index contributed by atoms with van der Waals surface area (Å²) in [5.41, 5.74) is 1.90. The van der Waals surface area contributed by atoms with Gasteiger partial charge in [-0.05, 0) is 73.9 Å². The minimum Gasteiger partial charge on any atom is -0.497 e. The molecule has 40 heavy (non-hydrogen) atoms. The molecule has 0 fully saturated rings. The zero-order chi connectivity index (χ0) is 28.4. The van der Waals surface area contributed by atoms with Crippen molar-refractivity contribution in [2.45, 2.75) is 26.2 Å². The van der Waals surface area contributed by atoms with Crippen LogP contribution in [-0.4, -0.2) is 65.6 Å². The Kier molecular flexibility index (Phi) is 7.85. The first-order valence-corrected chi connectivity index (χ1v) is 13.7. The Morgan fingerprint density at radius 2 is 1.88 bits per heavy atom. The molecule has 11 heteroatoms. The van der Waals surface area contributed by atoms with Crippen molar-refractivity contribution in [1.82, 2.24) is 19.4 Å². The van der Waals surface area contributed by atoms with Crippen LogP contribution in [0.4, 0.5) is 0 Å². The molecule has 0 bridgehead atoms. The number of esters is 1. The van der Waals surface area contributed by atoms with Crippen molar-refractivity contribution in [3.63, 3.8) is 0 Å². The SMILES string of the molecule is CCOC(=O)c1ccc(OCCc2csc3nc4n(c(=O)c23)C(N(C)C)N(Cc2cccc(OC)c2)C4=O)cc1. The predicted molar refractivity (Wildman–Crippen MR) is 151 cm³/mol. The van der Waals surface area contributed by atoms with E-state index in [1.807, 2.05) is 48.6 Å². The number of thiophene rings is 1. The molecule has 5 rings (SSSR count). The average molecular weight is 563 g/mol. The highest BCUT2D eigenvalue weighted by molar-refractivity contribution is 7.16. The van der Waals surface area contributed by atoms with Crippen molar-refractivity contribution in [3.8, 4) is 11.5 Å². The number of nitrogens with zero attached hydrogens (tertiary/aromatic N) is 4. The van der Waals surface area contributed by atoms with Crippen LogP contribution in [0, 0.1) is 0 Å². The van der Waals surface area contributed by atoms with E-state index in [0.29, 0.717) is 53.5 Å². The number of hydrogen-bond donors (Lipinski definition) is 0. The van der Waals surface area contributed by atoms with Crippen LogP contribution in [-0.2, 0) is 17.7 Å². The highest BCUT2D eigenvalue weighted by atomic mass is 32.1. The van der Waals surface area contributed by atoms with Gasteiger partial charge in [-0.25, -0.2) is 9.78 Å². The lowest BCUT2D eigenvalue weighted by molar-refractivity contribution is 0.0325. The van der Waals surface area contributed by atoms with Crippen molar-refractivity contribution in [1.29, 1.82) is 0 Å². The predicted octanol–water partition coefficient (Wildman–Crippen LogP) is 3.94. The van der Waals surface area contributed by atoms with Gasteiger partial charge in [0.2, 0.25) is 5.82 Å². The third kappa shape index (κ3) is 5.17. The summed E-state index contributed by atoms with van der Waals surface area (Å²) in [5.74, 6) is 0.752. The van der Waals surface area contributed by atoms with Gasteiger partial charge < -0.3 is 14.2 Å². The smallest absolute Gasteiger partial charge is 0.338 e. The van der Waals surface area contributed by atoms with Gasteiger partial charge in [-0.2, -0.15) is 0 Å². The molecule has 0 saturated heterocycles. The highest BCUT2D eigenvalue weighted by Crippen LogP contribution is 2.31. The van der Waals surface area contributed by atoms with Crippen molar-refractivity contribution in [3.05, 3.63) is 86.8 Å². The van der Waals surface area contributed by atoms with Gasteiger partial charge in [0.1, 0.15) is 16.3 Å². The number of benzene rings is 2. The van der Waals surface area contributed by atoms with E-state index in [0.717, 1.165) is 11.1 Å². The lowest BCUT2D eigenvalue weighted by Crippen LogP contribution is -2.40. The zero-order valence-electron chi connectivity index (χ0n) is 22.7. The summed E-state index contributed by atoms with van der Waals surface area (Å²) >= 11 is 1.34. The first-order valence-electron chi connectivity index (χ1n) is 12.8. The molecule has 2 aromatic carbocycles. The van der Waals surface area contributed by atoms with Crippen LogP contribution in [0.5, 0.6) is 11.5 Å². The fraction of sp³-hybridized carbons (Fsp3) is 0.310. The van der Waals surface area contributed by atoms with Crippen molar-refractivity contribution >= 4 is 33.4 Å². The molecule has 1 unspecified atom stereocenters. The fourth-order valence-electron chi connectivity index (χ4n) is 4.79. The standard InChI is InChI=1S/C29H30N4O6S/c1-5-38-28(36)19-9-11-21(12-10-19)39-14-13-20-17-40-25-23(20)26(34)33-24(30-25)27(35)32(29(33)31(2)3)16-18-7-6-8-22(15-18)37-4/h6-12,15,17,29H,5,13-14,16H2,1-4H3. The summed E-state index contributed by atoms with van der Waals surface area (Å²) in [4.78, 5) is 47.9. The first-order chi connectivity index (χ1) is 19.3. The Morgan fingerprint density at radius 1 is 1.10 bits per heavy atom. The number of carbonyl (C=O) groups excluding carboxylic acids is 2. The molecule has 0 saturated carbocycles. The number of ether oxygens (including phenoxy) is 3. The Bertz CT molecular complexity index is 1610. The topological polar surface area (TPSA) is 103 Å². The third-order valence-electron chi connectivity index (χ3n) is 6.63. The van der Waals surface area contributed by atoms with Gasteiger partial charge in [0, 0.05) is 13.0 Å². The third-order valence-corrected chi connectivity index (χ3v) is 7.55. The van der Waals surface area contributed by atoms with Gasteiger partial charge in [0.05, 0.1) is 31.3 Å². The van der Waals surface area contributed by atoms with Gasteiger partial charge in [-0.3, -0.25) is 24.0 Å². The second kappa shape index (κ2) is 11.5. The largest absolute Gasteiger partial charge is 0.497 e. The number of carbonyl (C=O) groups is 2. The van der Waals surface area contributed by atoms with Crippen LogP contribution in [0.2, 0.25) is 0 Å². The molecule has 0 N–H and O–H groups in total. The lowest BCUT2D eigenvalue weighted by Gasteiger charge is -2.30.